The highest BCUT2D eigenvalue weighted by Gasteiger charge is 2.13. The van der Waals surface area contributed by atoms with Gasteiger partial charge in [0.1, 0.15) is 28.8 Å². The van der Waals surface area contributed by atoms with Crippen molar-refractivity contribution < 1.29 is 0 Å². The molecule has 8 nitrogen and oxygen atoms in total. The SMILES string of the molecule is N#Cc1cnc(N)nc1NCCc1nc2cccnc2n1-c1ccccc1. The zero-order valence-electron chi connectivity index (χ0n) is 14.4. The normalized spacial score (nSPS) is 10.6. The number of anilines is 2. The lowest BCUT2D eigenvalue weighted by atomic mass is 10.3. The van der Waals surface area contributed by atoms with Gasteiger partial charge in [-0.15, -0.1) is 0 Å². The van der Waals surface area contributed by atoms with Crippen molar-refractivity contribution in [3.63, 3.8) is 0 Å². The Morgan fingerprint density at radius 3 is 2.74 bits per heavy atom. The van der Waals surface area contributed by atoms with Gasteiger partial charge in [-0.25, -0.2) is 15.0 Å². The van der Waals surface area contributed by atoms with Crippen molar-refractivity contribution >= 4 is 22.9 Å². The average Bonchev–Trinajstić information content (AvgIpc) is 3.07. The van der Waals surface area contributed by atoms with E-state index in [0.717, 1.165) is 22.7 Å². The number of nitrogens with zero attached hydrogens (tertiary/aromatic N) is 6. The van der Waals surface area contributed by atoms with Crippen molar-refractivity contribution in [2.24, 2.45) is 0 Å². The van der Waals surface area contributed by atoms with Crippen molar-refractivity contribution in [2.45, 2.75) is 6.42 Å². The molecule has 0 atom stereocenters. The fourth-order valence-electron chi connectivity index (χ4n) is 2.88. The van der Waals surface area contributed by atoms with Crippen LogP contribution >= 0.6 is 0 Å². The maximum atomic E-state index is 9.18. The number of fused-ring (bicyclic) bond motifs is 1. The van der Waals surface area contributed by atoms with E-state index in [1.54, 1.807) is 6.20 Å². The molecule has 0 aliphatic rings. The summed E-state index contributed by atoms with van der Waals surface area (Å²) in [5, 5.41) is 12.3. The minimum atomic E-state index is 0.122. The van der Waals surface area contributed by atoms with Gasteiger partial charge in [-0.05, 0) is 24.3 Å². The molecule has 0 saturated carbocycles. The summed E-state index contributed by atoms with van der Waals surface area (Å²) in [6.45, 7) is 0.529. The molecule has 0 fully saturated rings. The van der Waals surface area contributed by atoms with Gasteiger partial charge in [-0.1, -0.05) is 18.2 Å². The van der Waals surface area contributed by atoms with Gasteiger partial charge in [0.2, 0.25) is 5.95 Å². The first-order valence-corrected chi connectivity index (χ1v) is 8.40. The maximum absolute atomic E-state index is 9.18. The van der Waals surface area contributed by atoms with Gasteiger partial charge in [0, 0.05) is 24.8 Å². The lowest BCUT2D eigenvalue weighted by molar-refractivity contribution is 0.862. The summed E-state index contributed by atoms with van der Waals surface area (Å²) in [5.74, 6) is 1.41. The number of nitrogens with two attached hydrogens (primary N) is 1. The zero-order chi connectivity index (χ0) is 18.6. The first kappa shape index (κ1) is 16.5. The van der Waals surface area contributed by atoms with E-state index in [1.807, 2.05) is 47.0 Å². The number of hydrogen-bond donors (Lipinski definition) is 2. The van der Waals surface area contributed by atoms with E-state index in [1.165, 1.54) is 6.20 Å². The molecule has 0 aliphatic carbocycles. The lowest BCUT2D eigenvalue weighted by Crippen LogP contribution is -2.12. The minimum absolute atomic E-state index is 0.122. The highest BCUT2D eigenvalue weighted by Crippen LogP contribution is 2.20. The molecule has 4 rings (SSSR count). The molecule has 27 heavy (non-hydrogen) atoms. The number of hydrogen-bond acceptors (Lipinski definition) is 7. The quantitative estimate of drug-likeness (QED) is 0.563. The Bertz CT molecular complexity index is 1130. The molecule has 132 valence electrons. The third kappa shape index (κ3) is 3.26. The second-order valence-corrected chi connectivity index (χ2v) is 5.82. The van der Waals surface area contributed by atoms with Crippen molar-refractivity contribution in [1.29, 1.82) is 5.26 Å². The van der Waals surface area contributed by atoms with Gasteiger partial charge in [0.15, 0.2) is 5.65 Å². The molecule has 0 bridgehead atoms. The third-order valence-corrected chi connectivity index (χ3v) is 4.07. The van der Waals surface area contributed by atoms with Crippen LogP contribution < -0.4 is 11.1 Å². The van der Waals surface area contributed by atoms with E-state index >= 15 is 0 Å². The van der Waals surface area contributed by atoms with Gasteiger partial charge >= 0.3 is 0 Å². The molecule has 1 aromatic carbocycles. The molecule has 0 spiro atoms. The average molecular weight is 356 g/mol. The molecule has 0 radical (unpaired) electrons. The van der Waals surface area contributed by atoms with Gasteiger partial charge in [-0.3, -0.25) is 4.57 Å². The van der Waals surface area contributed by atoms with Gasteiger partial charge in [0.25, 0.3) is 0 Å². The number of pyridine rings is 1. The highest BCUT2D eigenvalue weighted by molar-refractivity contribution is 5.73. The van der Waals surface area contributed by atoms with E-state index in [-0.39, 0.29) is 5.95 Å². The van der Waals surface area contributed by atoms with Crippen molar-refractivity contribution in [2.75, 3.05) is 17.6 Å². The van der Waals surface area contributed by atoms with Crippen LogP contribution in [-0.2, 0) is 6.42 Å². The van der Waals surface area contributed by atoms with E-state index < -0.39 is 0 Å². The number of nitrogens with one attached hydrogen (secondary N) is 1. The number of nitriles is 1. The van der Waals surface area contributed by atoms with Crippen LogP contribution in [0.25, 0.3) is 16.9 Å². The van der Waals surface area contributed by atoms with Crippen LogP contribution in [0.3, 0.4) is 0 Å². The van der Waals surface area contributed by atoms with E-state index in [9.17, 15) is 5.26 Å². The maximum Gasteiger partial charge on any atom is 0.222 e. The smallest absolute Gasteiger partial charge is 0.222 e. The summed E-state index contributed by atoms with van der Waals surface area (Å²) in [5.41, 5.74) is 8.61. The Morgan fingerprint density at radius 1 is 1.07 bits per heavy atom. The Morgan fingerprint density at radius 2 is 1.93 bits per heavy atom. The predicted molar refractivity (Wildman–Crippen MR) is 102 cm³/mol. The molecule has 0 unspecified atom stereocenters. The fraction of sp³-hybridized carbons (Fsp3) is 0.105. The van der Waals surface area contributed by atoms with E-state index in [4.69, 9.17) is 10.7 Å². The third-order valence-electron chi connectivity index (χ3n) is 4.07. The number of imidazole rings is 1. The zero-order valence-corrected chi connectivity index (χ0v) is 14.4. The summed E-state index contributed by atoms with van der Waals surface area (Å²) >= 11 is 0. The number of benzene rings is 1. The second kappa shape index (κ2) is 7.09. The summed E-state index contributed by atoms with van der Waals surface area (Å²) in [6.07, 6.45) is 3.78. The van der Waals surface area contributed by atoms with Crippen molar-refractivity contribution in [3.05, 3.63) is 66.2 Å². The van der Waals surface area contributed by atoms with Crippen LogP contribution in [0, 0.1) is 11.3 Å². The van der Waals surface area contributed by atoms with Crippen LogP contribution in [0.5, 0.6) is 0 Å². The molecule has 3 N–H and O–H groups in total. The van der Waals surface area contributed by atoms with Crippen LogP contribution in [-0.4, -0.2) is 31.0 Å². The molecule has 0 aliphatic heterocycles. The molecule has 8 heteroatoms. The molecule has 0 saturated heterocycles. The molecule has 4 aromatic rings. The number of rotatable bonds is 5. The highest BCUT2D eigenvalue weighted by atomic mass is 15.1. The Labute approximate surface area is 155 Å². The minimum Gasteiger partial charge on any atom is -0.368 e. The molecular formula is C19H16N8. The van der Waals surface area contributed by atoms with Crippen LogP contribution in [0.4, 0.5) is 11.8 Å². The monoisotopic (exact) mass is 356 g/mol. The fourth-order valence-corrected chi connectivity index (χ4v) is 2.88. The molecule has 0 amide bonds. The summed E-state index contributed by atoms with van der Waals surface area (Å²) in [4.78, 5) is 17.1. The molecule has 3 heterocycles. The van der Waals surface area contributed by atoms with Gasteiger partial charge in [0.05, 0.1) is 6.20 Å². The largest absolute Gasteiger partial charge is 0.368 e. The van der Waals surface area contributed by atoms with E-state index in [2.05, 4.69) is 26.3 Å². The number of aromatic nitrogens is 5. The lowest BCUT2D eigenvalue weighted by Gasteiger charge is -2.10. The molecule has 3 aromatic heterocycles. The van der Waals surface area contributed by atoms with Gasteiger partial charge < -0.3 is 11.1 Å². The summed E-state index contributed by atoms with van der Waals surface area (Å²) in [6, 6.07) is 15.8. The summed E-state index contributed by atoms with van der Waals surface area (Å²) < 4.78 is 2.04. The van der Waals surface area contributed by atoms with Crippen molar-refractivity contribution in [1.82, 2.24) is 24.5 Å². The standard InChI is InChI=1S/C19H16N8/c20-11-13-12-24-19(21)26-17(13)22-10-8-16-25-15-7-4-9-23-18(15)27(16)14-5-2-1-3-6-14/h1-7,9,12H,8,10H2,(H3,21,22,24,26). The van der Waals surface area contributed by atoms with Crippen LogP contribution in [0.15, 0.2) is 54.9 Å². The van der Waals surface area contributed by atoms with Crippen LogP contribution in [0.2, 0.25) is 0 Å². The summed E-state index contributed by atoms with van der Waals surface area (Å²) in [7, 11) is 0. The van der Waals surface area contributed by atoms with Crippen molar-refractivity contribution in [3.8, 4) is 11.8 Å². The number of para-hydroxylation sites is 1. The topological polar surface area (TPSA) is 118 Å². The first-order chi connectivity index (χ1) is 13.3. The van der Waals surface area contributed by atoms with Gasteiger partial charge in [-0.2, -0.15) is 10.2 Å². The Kier molecular flexibility index (Phi) is 4.33. The Hall–Kier alpha value is -3.99. The second-order valence-electron chi connectivity index (χ2n) is 5.82. The number of nitrogen functional groups attached to an aromatic ring is 1. The van der Waals surface area contributed by atoms with Crippen LogP contribution in [0.1, 0.15) is 11.4 Å². The Balaban J connectivity index is 1.63. The predicted octanol–water partition coefficient (Wildman–Crippen LogP) is 2.32. The first-order valence-electron chi connectivity index (χ1n) is 8.40. The van der Waals surface area contributed by atoms with E-state index in [0.29, 0.717) is 24.3 Å². The molecular weight excluding hydrogens is 340 g/mol.